The van der Waals surface area contributed by atoms with E-state index in [4.69, 9.17) is 5.84 Å². The molecule has 16 heavy (non-hydrogen) atoms. The topological polar surface area (TPSA) is 38.0 Å². The van der Waals surface area contributed by atoms with Crippen LogP contribution in [0.25, 0.3) is 0 Å². The Morgan fingerprint density at radius 3 is 2.62 bits per heavy atom. The molecule has 0 radical (unpaired) electrons. The molecule has 4 heteroatoms. The maximum Gasteiger partial charge on any atom is 0.0815 e. The van der Waals surface area contributed by atoms with E-state index in [-0.39, 0.29) is 6.04 Å². The van der Waals surface area contributed by atoms with Gasteiger partial charge in [-0.1, -0.05) is 6.92 Å². The van der Waals surface area contributed by atoms with E-state index in [2.05, 4.69) is 42.2 Å². The van der Waals surface area contributed by atoms with Crippen LogP contribution in [0, 0.1) is 6.92 Å². The summed E-state index contributed by atoms with van der Waals surface area (Å²) in [5.74, 6) is 5.71. The minimum absolute atomic E-state index is 0.140. The Morgan fingerprint density at radius 2 is 2.06 bits per heavy atom. The molecule has 1 unspecified atom stereocenters. The van der Waals surface area contributed by atoms with E-state index in [1.54, 1.807) is 22.7 Å². The molecule has 2 aromatic rings. The molecule has 1 atom stereocenters. The van der Waals surface area contributed by atoms with Crippen molar-refractivity contribution in [2.24, 2.45) is 5.84 Å². The standard InChI is InChI=1S/C12H16N2S2/c1-3-9-4-6-16-12(9)11(14-13)10-5-7-15-8(10)2/h4-7,11,14H,3,13H2,1-2H3. The van der Waals surface area contributed by atoms with Gasteiger partial charge in [-0.05, 0) is 47.4 Å². The number of thiophene rings is 2. The lowest BCUT2D eigenvalue weighted by Crippen LogP contribution is -2.28. The van der Waals surface area contributed by atoms with E-state index < -0.39 is 0 Å². The second kappa shape index (κ2) is 5.10. The van der Waals surface area contributed by atoms with Crippen LogP contribution < -0.4 is 11.3 Å². The van der Waals surface area contributed by atoms with Gasteiger partial charge in [0.25, 0.3) is 0 Å². The van der Waals surface area contributed by atoms with Crippen LogP contribution in [0.1, 0.15) is 33.8 Å². The largest absolute Gasteiger partial charge is 0.271 e. The van der Waals surface area contributed by atoms with Crippen LogP contribution in [0.5, 0.6) is 0 Å². The number of hydrogen-bond acceptors (Lipinski definition) is 4. The molecule has 0 aliphatic carbocycles. The molecule has 0 amide bonds. The maximum absolute atomic E-state index is 5.71. The highest BCUT2D eigenvalue weighted by atomic mass is 32.1. The molecule has 0 aliphatic rings. The molecule has 2 nitrogen and oxygen atoms in total. The second-order valence-electron chi connectivity index (χ2n) is 3.70. The fraction of sp³-hybridized carbons (Fsp3) is 0.333. The van der Waals surface area contributed by atoms with Crippen LogP contribution >= 0.6 is 22.7 Å². The molecule has 0 aliphatic heterocycles. The lowest BCUT2D eigenvalue weighted by atomic mass is 10.0. The lowest BCUT2D eigenvalue weighted by Gasteiger charge is -2.16. The van der Waals surface area contributed by atoms with E-state index in [1.807, 2.05) is 0 Å². The molecule has 0 aromatic carbocycles. The Kier molecular flexibility index (Phi) is 3.76. The first-order chi connectivity index (χ1) is 7.77. The quantitative estimate of drug-likeness (QED) is 0.647. The van der Waals surface area contributed by atoms with Crippen molar-refractivity contribution in [2.45, 2.75) is 26.3 Å². The van der Waals surface area contributed by atoms with Crippen molar-refractivity contribution in [2.75, 3.05) is 0 Å². The first-order valence-corrected chi connectivity index (χ1v) is 7.10. The third-order valence-corrected chi connectivity index (χ3v) is 4.69. The SMILES string of the molecule is CCc1ccsc1C(NN)c1ccsc1C. The van der Waals surface area contributed by atoms with Crippen LogP contribution in [0.4, 0.5) is 0 Å². The Bertz CT molecular complexity index is 459. The zero-order chi connectivity index (χ0) is 11.5. The summed E-state index contributed by atoms with van der Waals surface area (Å²) in [7, 11) is 0. The molecule has 0 saturated carbocycles. The zero-order valence-corrected chi connectivity index (χ0v) is 11.1. The maximum atomic E-state index is 5.71. The number of aryl methyl sites for hydroxylation is 2. The Hall–Kier alpha value is -0.680. The van der Waals surface area contributed by atoms with Gasteiger partial charge in [-0.15, -0.1) is 22.7 Å². The molecular weight excluding hydrogens is 236 g/mol. The Balaban J connectivity index is 2.40. The predicted octanol–water partition coefficient (Wildman–Crippen LogP) is 3.23. The third kappa shape index (κ3) is 2.06. The van der Waals surface area contributed by atoms with E-state index in [9.17, 15) is 0 Å². The summed E-state index contributed by atoms with van der Waals surface area (Å²) < 4.78 is 0. The molecule has 86 valence electrons. The third-order valence-electron chi connectivity index (χ3n) is 2.80. The monoisotopic (exact) mass is 252 g/mol. The number of hydrazine groups is 1. The van der Waals surface area contributed by atoms with Crippen molar-refractivity contribution in [1.29, 1.82) is 0 Å². The van der Waals surface area contributed by atoms with Crippen LogP contribution in [-0.2, 0) is 6.42 Å². The van der Waals surface area contributed by atoms with Crippen LogP contribution in [0.3, 0.4) is 0 Å². The van der Waals surface area contributed by atoms with Gasteiger partial charge >= 0.3 is 0 Å². The van der Waals surface area contributed by atoms with Crippen LogP contribution in [-0.4, -0.2) is 0 Å². The molecule has 2 aromatic heterocycles. The van der Waals surface area contributed by atoms with Crippen molar-refractivity contribution in [3.8, 4) is 0 Å². The summed E-state index contributed by atoms with van der Waals surface area (Å²) in [6.07, 6.45) is 1.06. The van der Waals surface area contributed by atoms with Crippen molar-refractivity contribution in [1.82, 2.24) is 5.43 Å². The summed E-state index contributed by atoms with van der Waals surface area (Å²) in [6.45, 7) is 4.32. The summed E-state index contributed by atoms with van der Waals surface area (Å²) in [4.78, 5) is 2.67. The highest BCUT2D eigenvalue weighted by Crippen LogP contribution is 2.32. The normalized spacial score (nSPS) is 12.9. The van der Waals surface area contributed by atoms with Gasteiger partial charge in [-0.25, -0.2) is 5.43 Å². The fourth-order valence-electron chi connectivity index (χ4n) is 1.89. The van der Waals surface area contributed by atoms with E-state index >= 15 is 0 Å². The highest BCUT2D eigenvalue weighted by Gasteiger charge is 2.19. The summed E-state index contributed by atoms with van der Waals surface area (Å²) in [6, 6.07) is 4.48. The van der Waals surface area contributed by atoms with E-state index in [1.165, 1.54) is 20.9 Å². The van der Waals surface area contributed by atoms with Gasteiger partial charge in [0.05, 0.1) is 6.04 Å². The number of nitrogens with two attached hydrogens (primary N) is 1. The molecule has 2 rings (SSSR count). The number of hydrogen-bond donors (Lipinski definition) is 2. The van der Waals surface area contributed by atoms with Gasteiger partial charge in [-0.3, -0.25) is 5.84 Å². The summed E-state index contributed by atoms with van der Waals surface area (Å²) in [5, 5.41) is 4.26. The molecule has 3 N–H and O–H groups in total. The average molecular weight is 252 g/mol. The Labute approximate surface area is 104 Å². The second-order valence-corrected chi connectivity index (χ2v) is 5.76. The first kappa shape index (κ1) is 11.8. The van der Waals surface area contributed by atoms with Crippen molar-refractivity contribution >= 4 is 22.7 Å². The van der Waals surface area contributed by atoms with E-state index in [0.717, 1.165) is 6.42 Å². The number of rotatable bonds is 4. The summed E-state index contributed by atoms with van der Waals surface area (Å²) >= 11 is 3.54. The van der Waals surface area contributed by atoms with Crippen LogP contribution in [0.2, 0.25) is 0 Å². The average Bonchev–Trinajstić information content (AvgIpc) is 2.90. The van der Waals surface area contributed by atoms with Gasteiger partial charge in [0, 0.05) is 9.75 Å². The van der Waals surface area contributed by atoms with Gasteiger partial charge < -0.3 is 0 Å². The van der Waals surface area contributed by atoms with Gasteiger partial charge in [0.1, 0.15) is 0 Å². The van der Waals surface area contributed by atoms with Crippen molar-refractivity contribution in [3.05, 3.63) is 43.8 Å². The van der Waals surface area contributed by atoms with Crippen molar-refractivity contribution in [3.63, 3.8) is 0 Å². The predicted molar refractivity (Wildman–Crippen MR) is 71.9 cm³/mol. The van der Waals surface area contributed by atoms with Gasteiger partial charge in [0.2, 0.25) is 0 Å². The lowest BCUT2D eigenvalue weighted by molar-refractivity contribution is 0.641. The minimum atomic E-state index is 0.140. The number of nitrogens with one attached hydrogen (secondary N) is 1. The summed E-state index contributed by atoms with van der Waals surface area (Å²) in [5.41, 5.74) is 5.62. The fourth-order valence-corrected chi connectivity index (χ4v) is 3.71. The molecule has 0 saturated heterocycles. The zero-order valence-electron chi connectivity index (χ0n) is 9.49. The highest BCUT2D eigenvalue weighted by molar-refractivity contribution is 7.10. The van der Waals surface area contributed by atoms with Crippen LogP contribution in [0.15, 0.2) is 22.9 Å². The smallest absolute Gasteiger partial charge is 0.0815 e. The van der Waals surface area contributed by atoms with E-state index in [0.29, 0.717) is 0 Å². The first-order valence-electron chi connectivity index (χ1n) is 5.34. The molecule has 2 heterocycles. The Morgan fingerprint density at radius 1 is 1.31 bits per heavy atom. The molecule has 0 bridgehead atoms. The molecular formula is C12H16N2S2. The van der Waals surface area contributed by atoms with Gasteiger partial charge in [0.15, 0.2) is 0 Å². The molecule has 0 fully saturated rings. The van der Waals surface area contributed by atoms with Crippen molar-refractivity contribution < 1.29 is 0 Å². The molecule has 0 spiro atoms. The minimum Gasteiger partial charge on any atom is -0.271 e. The van der Waals surface area contributed by atoms with Gasteiger partial charge in [-0.2, -0.15) is 0 Å².